The molecule has 1 aliphatic heterocycles. The van der Waals surface area contributed by atoms with Gasteiger partial charge >= 0.3 is 0 Å². The first-order chi connectivity index (χ1) is 9.28. The van der Waals surface area contributed by atoms with E-state index in [1.807, 2.05) is 37.3 Å². The van der Waals surface area contributed by atoms with Crippen molar-refractivity contribution in [3.05, 3.63) is 42.0 Å². The number of aromatic nitrogens is 2. The van der Waals surface area contributed by atoms with Gasteiger partial charge < -0.3 is 9.42 Å². The molecule has 2 aromatic rings. The first-order valence-corrected chi connectivity index (χ1v) is 6.46. The van der Waals surface area contributed by atoms with E-state index in [9.17, 15) is 4.79 Å². The van der Waals surface area contributed by atoms with Crippen LogP contribution in [0.15, 0.2) is 34.9 Å². The van der Waals surface area contributed by atoms with Gasteiger partial charge in [0.15, 0.2) is 5.82 Å². The Morgan fingerprint density at radius 3 is 2.84 bits per heavy atom. The second-order valence-electron chi connectivity index (χ2n) is 4.64. The number of hydrogen-bond acceptors (Lipinski definition) is 4. The molecule has 0 bridgehead atoms. The summed E-state index contributed by atoms with van der Waals surface area (Å²) in [4.78, 5) is 18.2. The first-order valence-electron chi connectivity index (χ1n) is 6.46. The zero-order chi connectivity index (χ0) is 13.2. The Morgan fingerprint density at radius 2 is 2.16 bits per heavy atom. The van der Waals surface area contributed by atoms with E-state index in [1.54, 1.807) is 4.90 Å². The van der Waals surface area contributed by atoms with E-state index < -0.39 is 0 Å². The first kappa shape index (κ1) is 11.9. The van der Waals surface area contributed by atoms with Gasteiger partial charge in [-0.1, -0.05) is 30.3 Å². The van der Waals surface area contributed by atoms with Gasteiger partial charge in [0.05, 0.1) is 5.92 Å². The summed E-state index contributed by atoms with van der Waals surface area (Å²) >= 11 is 0. The van der Waals surface area contributed by atoms with Gasteiger partial charge in [-0.2, -0.15) is 4.98 Å². The fourth-order valence-corrected chi connectivity index (χ4v) is 2.31. The van der Waals surface area contributed by atoms with E-state index >= 15 is 0 Å². The second kappa shape index (κ2) is 4.84. The molecule has 0 saturated carbocycles. The number of hydrogen-bond donors (Lipinski definition) is 0. The van der Waals surface area contributed by atoms with Crippen molar-refractivity contribution in [1.29, 1.82) is 0 Å². The van der Waals surface area contributed by atoms with E-state index in [-0.39, 0.29) is 11.8 Å². The number of aryl methyl sites for hydroxylation is 1. The molecule has 5 heteroatoms. The number of amides is 1. The summed E-state index contributed by atoms with van der Waals surface area (Å²) in [6, 6.07) is 9.67. The third-order valence-electron chi connectivity index (χ3n) is 3.34. The minimum absolute atomic E-state index is 0.000469. The quantitative estimate of drug-likeness (QED) is 0.845. The molecule has 1 fully saturated rings. The van der Waals surface area contributed by atoms with E-state index in [4.69, 9.17) is 4.52 Å². The Balaban J connectivity index is 1.80. The molecule has 0 N–H and O–H groups in total. The van der Waals surface area contributed by atoms with E-state index in [1.165, 1.54) is 0 Å². The van der Waals surface area contributed by atoms with Crippen LogP contribution in [0.4, 0.5) is 5.69 Å². The average molecular weight is 257 g/mol. The topological polar surface area (TPSA) is 59.2 Å². The Hall–Kier alpha value is -2.17. The molecule has 98 valence electrons. The van der Waals surface area contributed by atoms with E-state index in [0.29, 0.717) is 24.7 Å². The third-order valence-corrected chi connectivity index (χ3v) is 3.34. The van der Waals surface area contributed by atoms with Crippen LogP contribution in [0, 0.1) is 0 Å². The monoisotopic (exact) mass is 257 g/mol. The normalized spacial score (nSPS) is 19.1. The lowest BCUT2D eigenvalue weighted by Crippen LogP contribution is -2.24. The predicted octanol–water partition coefficient (Wildman–Crippen LogP) is 2.15. The summed E-state index contributed by atoms with van der Waals surface area (Å²) < 4.78 is 5.23. The molecular formula is C14H15N3O2. The van der Waals surface area contributed by atoms with E-state index in [2.05, 4.69) is 10.1 Å². The summed E-state index contributed by atoms with van der Waals surface area (Å²) in [6.45, 7) is 2.58. The van der Waals surface area contributed by atoms with Crippen LogP contribution in [-0.2, 0) is 11.2 Å². The van der Waals surface area contributed by atoms with Crippen LogP contribution >= 0.6 is 0 Å². The Bertz CT molecular complexity index is 579. The van der Waals surface area contributed by atoms with Crippen LogP contribution in [0.25, 0.3) is 0 Å². The van der Waals surface area contributed by atoms with Gasteiger partial charge in [-0.05, 0) is 12.1 Å². The molecule has 1 saturated heterocycles. The van der Waals surface area contributed by atoms with Gasteiger partial charge in [-0.3, -0.25) is 4.79 Å². The largest absolute Gasteiger partial charge is 0.339 e. The van der Waals surface area contributed by atoms with Gasteiger partial charge in [-0.15, -0.1) is 0 Å². The number of carbonyl (C=O) groups is 1. The predicted molar refractivity (Wildman–Crippen MR) is 69.8 cm³/mol. The molecule has 3 rings (SSSR count). The summed E-state index contributed by atoms with van der Waals surface area (Å²) in [7, 11) is 0. The third kappa shape index (κ3) is 2.23. The fourth-order valence-electron chi connectivity index (χ4n) is 2.31. The molecule has 0 unspecified atom stereocenters. The molecule has 5 nitrogen and oxygen atoms in total. The maximum absolute atomic E-state index is 12.1. The van der Waals surface area contributed by atoms with Gasteiger partial charge in [0.1, 0.15) is 0 Å². The summed E-state index contributed by atoms with van der Waals surface area (Å²) in [5, 5.41) is 3.89. The lowest BCUT2D eigenvalue weighted by atomic mass is 10.1. The summed E-state index contributed by atoms with van der Waals surface area (Å²) in [6.07, 6.45) is 1.17. The lowest BCUT2D eigenvalue weighted by Gasteiger charge is -2.15. The van der Waals surface area contributed by atoms with Crippen LogP contribution in [0.3, 0.4) is 0 Å². The molecular weight excluding hydrogens is 242 g/mol. The zero-order valence-electron chi connectivity index (χ0n) is 10.7. The highest BCUT2D eigenvalue weighted by molar-refractivity contribution is 5.96. The fraction of sp³-hybridized carbons (Fsp3) is 0.357. The molecule has 19 heavy (non-hydrogen) atoms. The van der Waals surface area contributed by atoms with Crippen molar-refractivity contribution >= 4 is 11.6 Å². The van der Waals surface area contributed by atoms with Gasteiger partial charge in [0.25, 0.3) is 0 Å². The van der Waals surface area contributed by atoms with Crippen molar-refractivity contribution in [2.75, 3.05) is 11.4 Å². The van der Waals surface area contributed by atoms with Crippen LogP contribution in [-0.4, -0.2) is 22.6 Å². The maximum atomic E-state index is 12.1. The van der Waals surface area contributed by atoms with Crippen molar-refractivity contribution in [1.82, 2.24) is 10.1 Å². The number of benzene rings is 1. The molecule has 1 amide bonds. The minimum Gasteiger partial charge on any atom is -0.339 e. The Labute approximate surface area is 111 Å². The summed E-state index contributed by atoms with van der Waals surface area (Å²) in [5.41, 5.74) is 0.922. The molecule has 0 radical (unpaired) electrons. The average Bonchev–Trinajstić information content (AvgIpc) is 3.06. The lowest BCUT2D eigenvalue weighted by molar-refractivity contribution is -0.117. The van der Waals surface area contributed by atoms with Gasteiger partial charge in [0, 0.05) is 25.1 Å². The van der Waals surface area contributed by atoms with Gasteiger partial charge in [-0.25, -0.2) is 0 Å². The van der Waals surface area contributed by atoms with Crippen LogP contribution in [0.5, 0.6) is 0 Å². The molecule has 1 aliphatic rings. The molecule has 1 aromatic carbocycles. The number of para-hydroxylation sites is 1. The van der Waals surface area contributed by atoms with Crippen LogP contribution in [0.2, 0.25) is 0 Å². The van der Waals surface area contributed by atoms with Crippen LogP contribution < -0.4 is 4.90 Å². The van der Waals surface area contributed by atoms with Crippen molar-refractivity contribution in [2.24, 2.45) is 0 Å². The Morgan fingerprint density at radius 1 is 1.37 bits per heavy atom. The second-order valence-corrected chi connectivity index (χ2v) is 4.64. The van der Waals surface area contributed by atoms with Gasteiger partial charge in [0.2, 0.25) is 11.8 Å². The number of anilines is 1. The highest BCUT2D eigenvalue weighted by Gasteiger charge is 2.34. The Kier molecular flexibility index (Phi) is 3.03. The van der Waals surface area contributed by atoms with Crippen molar-refractivity contribution in [2.45, 2.75) is 25.7 Å². The van der Waals surface area contributed by atoms with Crippen molar-refractivity contribution in [3.63, 3.8) is 0 Å². The molecule has 1 atom stereocenters. The number of nitrogens with zero attached hydrogens (tertiary/aromatic N) is 3. The maximum Gasteiger partial charge on any atom is 0.232 e. The van der Waals surface area contributed by atoms with Crippen molar-refractivity contribution < 1.29 is 9.32 Å². The number of carbonyl (C=O) groups excluding carboxylic acids is 1. The highest BCUT2D eigenvalue weighted by atomic mass is 16.5. The zero-order valence-corrected chi connectivity index (χ0v) is 10.7. The molecule has 2 heterocycles. The highest BCUT2D eigenvalue weighted by Crippen LogP contribution is 2.30. The van der Waals surface area contributed by atoms with Crippen LogP contribution in [0.1, 0.15) is 31.0 Å². The number of rotatable bonds is 3. The minimum atomic E-state index is 0.000469. The SMILES string of the molecule is CCc1noc([C@@H]2CC(=O)N(c3ccccc3)C2)n1. The smallest absolute Gasteiger partial charge is 0.232 e. The van der Waals surface area contributed by atoms with E-state index in [0.717, 1.165) is 12.1 Å². The molecule has 0 aliphatic carbocycles. The standard InChI is InChI=1S/C14H15N3O2/c1-2-12-15-14(19-16-12)10-8-13(18)17(9-10)11-6-4-3-5-7-11/h3-7,10H,2,8-9H2,1H3/t10-/m1/s1. The van der Waals surface area contributed by atoms with Crippen molar-refractivity contribution in [3.8, 4) is 0 Å². The summed E-state index contributed by atoms with van der Waals surface area (Å²) in [5.74, 6) is 1.37. The molecule has 0 spiro atoms. The molecule has 1 aromatic heterocycles.